The molecule has 10 heavy (non-hydrogen) atoms. The van der Waals surface area contributed by atoms with Crippen molar-refractivity contribution in [1.29, 1.82) is 0 Å². The molecule has 2 N–H and O–H groups in total. The second kappa shape index (κ2) is 4.94. The quantitative estimate of drug-likeness (QED) is 0.619. The van der Waals surface area contributed by atoms with Crippen LogP contribution in [0, 0.1) is 5.92 Å². The summed E-state index contributed by atoms with van der Waals surface area (Å²) in [5.74, 6) is 0.767. The molecule has 0 aromatic carbocycles. The van der Waals surface area contributed by atoms with Gasteiger partial charge in [0.25, 0.3) is 0 Å². The number of halogens is 1. The Kier molecular flexibility index (Phi) is 5.04. The van der Waals surface area contributed by atoms with Crippen LogP contribution in [0.4, 0.5) is 0 Å². The Hall–Kier alpha value is 0.210. The number of rotatable bonds is 1. The van der Waals surface area contributed by atoms with E-state index in [4.69, 9.17) is 5.73 Å². The van der Waals surface area contributed by atoms with E-state index < -0.39 is 0 Å². The zero-order chi connectivity index (χ0) is 6.69. The van der Waals surface area contributed by atoms with Gasteiger partial charge in [0, 0.05) is 6.54 Å². The molecule has 1 fully saturated rings. The number of nitrogens with zero attached hydrogens (tertiary/aromatic N) is 1. The van der Waals surface area contributed by atoms with Gasteiger partial charge in [-0.1, -0.05) is 0 Å². The van der Waals surface area contributed by atoms with E-state index in [1.54, 1.807) is 0 Å². The van der Waals surface area contributed by atoms with Gasteiger partial charge in [-0.2, -0.15) is 0 Å². The zero-order valence-electron chi connectivity index (χ0n) is 6.55. The highest BCUT2D eigenvalue weighted by Gasteiger charge is 2.14. The Morgan fingerprint density at radius 2 is 2.30 bits per heavy atom. The van der Waals surface area contributed by atoms with Crippen molar-refractivity contribution in [2.75, 3.05) is 26.7 Å². The standard InChI is InChI=1S/C7H16N2.ClH/c1-9-4-2-3-7(5-8)6-9;/h7H,2-6,8H2,1H3;1H. The van der Waals surface area contributed by atoms with Crippen LogP contribution in [0.15, 0.2) is 0 Å². The lowest BCUT2D eigenvalue weighted by molar-refractivity contribution is 0.214. The summed E-state index contributed by atoms with van der Waals surface area (Å²) in [7, 11) is 2.17. The average molecular weight is 165 g/mol. The molecule has 0 spiro atoms. The maximum Gasteiger partial charge on any atom is 0.00187 e. The first-order chi connectivity index (χ1) is 4.33. The molecule has 0 aromatic heterocycles. The molecule has 62 valence electrons. The molecule has 0 bridgehead atoms. The predicted octanol–water partition coefficient (Wildman–Crippen LogP) is 0.709. The van der Waals surface area contributed by atoms with Crippen LogP contribution >= 0.6 is 12.4 Å². The van der Waals surface area contributed by atoms with Gasteiger partial charge in [-0.3, -0.25) is 0 Å². The Balaban J connectivity index is 0.000000810. The molecular weight excluding hydrogens is 148 g/mol. The van der Waals surface area contributed by atoms with Crippen molar-refractivity contribution >= 4 is 12.4 Å². The monoisotopic (exact) mass is 164 g/mol. The number of likely N-dealkylation sites (tertiary alicyclic amines) is 1. The molecule has 0 amide bonds. The van der Waals surface area contributed by atoms with Gasteiger partial charge < -0.3 is 10.6 Å². The molecule has 0 aromatic rings. The Labute approximate surface area is 69.2 Å². The van der Waals surface area contributed by atoms with Crippen molar-refractivity contribution in [3.8, 4) is 0 Å². The molecule has 3 heteroatoms. The lowest BCUT2D eigenvalue weighted by atomic mass is 9.99. The fourth-order valence-corrected chi connectivity index (χ4v) is 1.47. The Morgan fingerprint density at radius 3 is 2.70 bits per heavy atom. The number of hydrogen-bond donors (Lipinski definition) is 1. The summed E-state index contributed by atoms with van der Waals surface area (Å²) >= 11 is 0. The summed E-state index contributed by atoms with van der Waals surface area (Å²) in [6.07, 6.45) is 2.67. The van der Waals surface area contributed by atoms with Gasteiger partial charge in [0.2, 0.25) is 0 Å². The van der Waals surface area contributed by atoms with Crippen molar-refractivity contribution in [3.05, 3.63) is 0 Å². The highest BCUT2D eigenvalue weighted by Crippen LogP contribution is 2.12. The maximum atomic E-state index is 5.54. The minimum absolute atomic E-state index is 0. The molecule has 0 saturated carbocycles. The number of hydrogen-bond acceptors (Lipinski definition) is 2. The summed E-state index contributed by atoms with van der Waals surface area (Å²) in [6, 6.07) is 0. The van der Waals surface area contributed by atoms with Crippen LogP contribution in [0.3, 0.4) is 0 Å². The maximum absolute atomic E-state index is 5.54. The third kappa shape index (κ3) is 2.86. The topological polar surface area (TPSA) is 29.3 Å². The molecule has 1 saturated heterocycles. The van der Waals surface area contributed by atoms with E-state index in [1.165, 1.54) is 25.9 Å². The van der Waals surface area contributed by atoms with Crippen molar-refractivity contribution in [2.45, 2.75) is 12.8 Å². The van der Waals surface area contributed by atoms with Gasteiger partial charge in [-0.05, 0) is 38.9 Å². The third-order valence-corrected chi connectivity index (χ3v) is 2.06. The second-order valence-electron chi connectivity index (χ2n) is 3.01. The molecule has 0 radical (unpaired) electrons. The van der Waals surface area contributed by atoms with E-state index in [9.17, 15) is 0 Å². The van der Waals surface area contributed by atoms with Crippen LogP contribution in [-0.2, 0) is 0 Å². The second-order valence-corrected chi connectivity index (χ2v) is 3.01. The van der Waals surface area contributed by atoms with Crippen molar-refractivity contribution in [1.82, 2.24) is 4.90 Å². The highest BCUT2D eigenvalue weighted by atomic mass is 35.5. The summed E-state index contributed by atoms with van der Waals surface area (Å²) in [4.78, 5) is 2.36. The van der Waals surface area contributed by atoms with Crippen molar-refractivity contribution < 1.29 is 0 Å². The minimum Gasteiger partial charge on any atom is -0.330 e. The van der Waals surface area contributed by atoms with Gasteiger partial charge >= 0.3 is 0 Å². The largest absolute Gasteiger partial charge is 0.330 e. The molecule has 1 atom stereocenters. The lowest BCUT2D eigenvalue weighted by Gasteiger charge is -2.28. The molecule has 1 rings (SSSR count). The van der Waals surface area contributed by atoms with Crippen LogP contribution in [0.1, 0.15) is 12.8 Å². The molecule has 1 unspecified atom stereocenters. The lowest BCUT2D eigenvalue weighted by Crippen LogP contribution is -2.35. The molecule has 2 nitrogen and oxygen atoms in total. The number of piperidine rings is 1. The van der Waals surface area contributed by atoms with Gasteiger partial charge in [0.15, 0.2) is 0 Å². The zero-order valence-corrected chi connectivity index (χ0v) is 7.36. The van der Waals surface area contributed by atoms with Gasteiger partial charge in [0.1, 0.15) is 0 Å². The molecule has 0 aliphatic carbocycles. The Bertz CT molecular complexity index is 87.7. The predicted molar refractivity (Wildman–Crippen MR) is 46.5 cm³/mol. The van der Waals surface area contributed by atoms with E-state index in [0.29, 0.717) is 0 Å². The highest BCUT2D eigenvalue weighted by molar-refractivity contribution is 5.85. The van der Waals surface area contributed by atoms with Crippen LogP contribution in [-0.4, -0.2) is 31.6 Å². The van der Waals surface area contributed by atoms with E-state index in [2.05, 4.69) is 11.9 Å². The fraction of sp³-hybridized carbons (Fsp3) is 1.00. The summed E-state index contributed by atoms with van der Waals surface area (Å²) < 4.78 is 0. The molecular formula is C7H17ClN2. The smallest absolute Gasteiger partial charge is 0.00187 e. The van der Waals surface area contributed by atoms with E-state index in [1.807, 2.05) is 0 Å². The average Bonchev–Trinajstić information content (AvgIpc) is 1.88. The SMILES string of the molecule is CN1CCCC(CN)C1.Cl. The van der Waals surface area contributed by atoms with Crippen LogP contribution in [0.2, 0.25) is 0 Å². The molecule has 1 heterocycles. The van der Waals surface area contributed by atoms with Crippen molar-refractivity contribution in [2.24, 2.45) is 11.7 Å². The normalized spacial score (nSPS) is 27.6. The molecule has 1 aliphatic heterocycles. The first-order valence-corrected chi connectivity index (χ1v) is 3.71. The molecule has 1 aliphatic rings. The third-order valence-electron chi connectivity index (χ3n) is 2.06. The van der Waals surface area contributed by atoms with Crippen molar-refractivity contribution in [3.63, 3.8) is 0 Å². The van der Waals surface area contributed by atoms with Gasteiger partial charge in [0.05, 0.1) is 0 Å². The Morgan fingerprint density at radius 1 is 1.60 bits per heavy atom. The van der Waals surface area contributed by atoms with Gasteiger partial charge in [-0.25, -0.2) is 0 Å². The summed E-state index contributed by atoms with van der Waals surface area (Å²) in [6.45, 7) is 3.33. The van der Waals surface area contributed by atoms with Crippen LogP contribution < -0.4 is 5.73 Å². The summed E-state index contributed by atoms with van der Waals surface area (Å²) in [5, 5.41) is 0. The van der Waals surface area contributed by atoms with E-state index in [0.717, 1.165) is 12.5 Å². The fourth-order valence-electron chi connectivity index (χ4n) is 1.47. The van der Waals surface area contributed by atoms with E-state index >= 15 is 0 Å². The minimum atomic E-state index is 0. The van der Waals surface area contributed by atoms with Gasteiger partial charge in [-0.15, -0.1) is 12.4 Å². The van der Waals surface area contributed by atoms with Crippen LogP contribution in [0.5, 0.6) is 0 Å². The first-order valence-electron chi connectivity index (χ1n) is 3.71. The van der Waals surface area contributed by atoms with Crippen LogP contribution in [0.25, 0.3) is 0 Å². The van der Waals surface area contributed by atoms with E-state index in [-0.39, 0.29) is 12.4 Å². The summed E-state index contributed by atoms with van der Waals surface area (Å²) in [5.41, 5.74) is 5.54. The number of nitrogens with two attached hydrogens (primary N) is 1. The first kappa shape index (κ1) is 10.2.